The number of rotatable bonds is 44. The van der Waals surface area contributed by atoms with Crippen molar-refractivity contribution in [3.8, 4) is 0 Å². The molecule has 0 aromatic heterocycles. The Morgan fingerprint density at radius 2 is 1.00 bits per heavy atom. The number of nitrogens with one attached hydrogen (secondary N) is 1. The third-order valence-electron chi connectivity index (χ3n) is 12.5. The van der Waals surface area contributed by atoms with E-state index < -0.39 is 49.5 Å². The number of hydrogen-bond acceptors (Lipinski definition) is 8. The Hall–Kier alpha value is -1.59. The number of ether oxygens (including phenoxy) is 2. The van der Waals surface area contributed by atoms with E-state index in [1.165, 1.54) is 167 Å². The van der Waals surface area contributed by atoms with Crippen LogP contribution in [0.3, 0.4) is 0 Å². The zero-order valence-corrected chi connectivity index (χ0v) is 40.1. The van der Waals surface area contributed by atoms with Crippen LogP contribution in [0.4, 0.5) is 0 Å². The van der Waals surface area contributed by atoms with Crippen molar-refractivity contribution in [2.24, 2.45) is 0 Å². The zero-order valence-electron chi connectivity index (χ0n) is 40.1. The van der Waals surface area contributed by atoms with Crippen molar-refractivity contribution in [3.05, 3.63) is 36.5 Å². The first-order valence-corrected chi connectivity index (χ1v) is 26.2. The molecule has 62 heavy (non-hydrogen) atoms. The van der Waals surface area contributed by atoms with Crippen molar-refractivity contribution in [2.75, 3.05) is 13.2 Å². The summed E-state index contributed by atoms with van der Waals surface area (Å²) < 4.78 is 11.2. The highest BCUT2D eigenvalue weighted by molar-refractivity contribution is 5.76. The standard InChI is InChI=1S/C53H99NO8/c1-3-5-7-9-11-13-15-17-19-21-23-24-25-27-29-31-33-35-37-39-41-43-49(57)54-46(45-61-53-52(60)51(59)50(58)48(44-55)62-53)47(56)42-40-38-36-34-32-30-28-26-22-20-18-16-14-12-10-8-6-4-2/h5,7,11,13,40,42,46-48,50-53,55-56,58-60H,3-4,6,8-10,12,14-39,41,43-45H2,1-2H3,(H,54,57)/b7-5-,13-11-,42-40+. The van der Waals surface area contributed by atoms with Crippen LogP contribution in [0.5, 0.6) is 0 Å². The van der Waals surface area contributed by atoms with Crippen molar-refractivity contribution in [3.63, 3.8) is 0 Å². The number of aliphatic hydroxyl groups excluding tert-OH is 5. The largest absolute Gasteiger partial charge is 0.394 e. The quantitative estimate of drug-likeness (QED) is 0.0262. The molecule has 0 aromatic carbocycles. The molecule has 7 atom stereocenters. The summed E-state index contributed by atoms with van der Waals surface area (Å²) >= 11 is 0. The number of aliphatic hydroxyl groups is 5. The van der Waals surface area contributed by atoms with Crippen LogP contribution in [0.25, 0.3) is 0 Å². The molecule has 0 radical (unpaired) electrons. The average Bonchev–Trinajstić information content (AvgIpc) is 3.27. The molecular formula is C53H99NO8. The van der Waals surface area contributed by atoms with E-state index in [0.717, 1.165) is 51.4 Å². The molecule has 9 nitrogen and oxygen atoms in total. The first kappa shape index (κ1) is 58.4. The van der Waals surface area contributed by atoms with Crippen LogP contribution in [0.1, 0.15) is 239 Å². The van der Waals surface area contributed by atoms with E-state index in [-0.39, 0.29) is 12.5 Å². The molecule has 0 spiro atoms. The number of carbonyl (C=O) groups excluding carboxylic acids is 1. The van der Waals surface area contributed by atoms with Crippen molar-refractivity contribution >= 4 is 5.91 Å². The molecule has 0 bridgehead atoms. The number of unbranched alkanes of at least 4 members (excludes halogenated alkanes) is 30. The van der Waals surface area contributed by atoms with Crippen molar-refractivity contribution in [1.29, 1.82) is 0 Å². The fourth-order valence-electron chi connectivity index (χ4n) is 8.31. The third-order valence-corrected chi connectivity index (χ3v) is 12.5. The van der Waals surface area contributed by atoms with E-state index >= 15 is 0 Å². The average molecular weight is 878 g/mol. The Bertz CT molecular complexity index is 1070. The lowest BCUT2D eigenvalue weighted by Gasteiger charge is -2.40. The van der Waals surface area contributed by atoms with Gasteiger partial charge in [0.15, 0.2) is 6.29 Å². The predicted molar refractivity (Wildman–Crippen MR) is 258 cm³/mol. The van der Waals surface area contributed by atoms with E-state index in [0.29, 0.717) is 6.42 Å². The first-order valence-electron chi connectivity index (χ1n) is 26.2. The van der Waals surface area contributed by atoms with Crippen LogP contribution in [0, 0.1) is 0 Å². The number of hydrogen-bond donors (Lipinski definition) is 6. The van der Waals surface area contributed by atoms with Gasteiger partial charge < -0.3 is 40.3 Å². The Kier molecular flexibility index (Phi) is 40.8. The van der Waals surface area contributed by atoms with Gasteiger partial charge in [0, 0.05) is 6.42 Å². The van der Waals surface area contributed by atoms with Crippen LogP contribution in [0.2, 0.25) is 0 Å². The highest BCUT2D eigenvalue weighted by atomic mass is 16.7. The monoisotopic (exact) mass is 878 g/mol. The van der Waals surface area contributed by atoms with Crippen LogP contribution in [-0.4, -0.2) is 87.5 Å². The molecule has 6 N–H and O–H groups in total. The maximum Gasteiger partial charge on any atom is 0.220 e. The van der Waals surface area contributed by atoms with Gasteiger partial charge >= 0.3 is 0 Å². The SMILES string of the molecule is CC/C=C\C/C=C\CCCCCCCCCCCCCCCCC(=O)NC(COC1OC(CO)C(O)C(O)C1O)C(O)/C=C/CCCCCCCCCCCCCCCCCC. The summed E-state index contributed by atoms with van der Waals surface area (Å²) in [7, 11) is 0. The Balaban J connectivity index is 2.27. The second-order valence-corrected chi connectivity index (χ2v) is 18.3. The molecule has 1 heterocycles. The molecule has 1 saturated heterocycles. The minimum atomic E-state index is -1.57. The minimum absolute atomic E-state index is 0.176. The van der Waals surface area contributed by atoms with Gasteiger partial charge in [-0.05, 0) is 44.9 Å². The summed E-state index contributed by atoms with van der Waals surface area (Å²) in [6.45, 7) is 3.69. The smallest absolute Gasteiger partial charge is 0.220 e. The maximum atomic E-state index is 13.0. The van der Waals surface area contributed by atoms with Gasteiger partial charge in [-0.3, -0.25) is 4.79 Å². The highest BCUT2D eigenvalue weighted by Crippen LogP contribution is 2.23. The van der Waals surface area contributed by atoms with Gasteiger partial charge in [0.05, 0.1) is 25.4 Å². The fraction of sp³-hybridized carbons (Fsp3) is 0.868. The summed E-state index contributed by atoms with van der Waals surface area (Å²) in [6.07, 6.45) is 47.6. The zero-order chi connectivity index (χ0) is 45.1. The highest BCUT2D eigenvalue weighted by Gasteiger charge is 2.44. The lowest BCUT2D eigenvalue weighted by Crippen LogP contribution is -2.60. The van der Waals surface area contributed by atoms with E-state index in [4.69, 9.17) is 9.47 Å². The molecular weight excluding hydrogens is 779 g/mol. The van der Waals surface area contributed by atoms with Crippen LogP contribution >= 0.6 is 0 Å². The molecule has 0 saturated carbocycles. The molecule has 364 valence electrons. The lowest BCUT2D eigenvalue weighted by atomic mass is 9.99. The van der Waals surface area contributed by atoms with Gasteiger partial charge in [-0.2, -0.15) is 0 Å². The predicted octanol–water partition coefficient (Wildman–Crippen LogP) is 12.0. The van der Waals surface area contributed by atoms with E-state index in [1.807, 2.05) is 6.08 Å². The van der Waals surface area contributed by atoms with Crippen molar-refractivity contribution in [1.82, 2.24) is 5.32 Å². The number of carbonyl (C=O) groups is 1. The fourth-order valence-corrected chi connectivity index (χ4v) is 8.31. The van der Waals surface area contributed by atoms with Gasteiger partial charge in [0.1, 0.15) is 24.4 Å². The topological polar surface area (TPSA) is 149 Å². The molecule has 0 aliphatic carbocycles. The maximum absolute atomic E-state index is 13.0. The second kappa shape index (κ2) is 43.3. The Morgan fingerprint density at radius 3 is 1.47 bits per heavy atom. The van der Waals surface area contributed by atoms with Gasteiger partial charge in [-0.1, -0.05) is 224 Å². The molecule has 1 aliphatic rings. The lowest BCUT2D eigenvalue weighted by molar-refractivity contribution is -0.302. The van der Waals surface area contributed by atoms with Crippen molar-refractivity contribution in [2.45, 2.75) is 281 Å². The van der Waals surface area contributed by atoms with Crippen LogP contribution in [0.15, 0.2) is 36.5 Å². The van der Waals surface area contributed by atoms with Gasteiger partial charge in [0.25, 0.3) is 0 Å². The van der Waals surface area contributed by atoms with Gasteiger partial charge in [-0.15, -0.1) is 0 Å². The normalized spacial score (nSPS) is 20.5. The van der Waals surface area contributed by atoms with E-state index in [9.17, 15) is 30.3 Å². The van der Waals surface area contributed by atoms with Gasteiger partial charge in [-0.25, -0.2) is 0 Å². The summed E-state index contributed by atoms with van der Waals surface area (Å²) in [4.78, 5) is 13.0. The molecule has 7 unspecified atom stereocenters. The summed E-state index contributed by atoms with van der Waals surface area (Å²) in [6, 6.07) is -0.803. The molecule has 0 aromatic rings. The molecule has 1 amide bonds. The van der Waals surface area contributed by atoms with Crippen LogP contribution in [-0.2, 0) is 14.3 Å². The van der Waals surface area contributed by atoms with Crippen molar-refractivity contribution < 1.29 is 39.8 Å². The summed E-state index contributed by atoms with van der Waals surface area (Å²) in [5.74, 6) is -0.176. The Morgan fingerprint density at radius 1 is 0.565 bits per heavy atom. The van der Waals surface area contributed by atoms with Gasteiger partial charge in [0.2, 0.25) is 5.91 Å². The first-order chi connectivity index (χ1) is 30.3. The second-order valence-electron chi connectivity index (χ2n) is 18.3. The van der Waals surface area contributed by atoms with Crippen LogP contribution < -0.4 is 5.32 Å². The number of allylic oxidation sites excluding steroid dienone is 5. The molecule has 9 heteroatoms. The Labute approximate surface area is 381 Å². The minimum Gasteiger partial charge on any atom is -0.394 e. The van der Waals surface area contributed by atoms with E-state index in [2.05, 4.69) is 43.5 Å². The molecule has 1 rings (SSSR count). The summed E-state index contributed by atoms with van der Waals surface area (Å²) in [5.41, 5.74) is 0. The summed E-state index contributed by atoms with van der Waals surface area (Å²) in [5, 5.41) is 54.4. The molecule has 1 fully saturated rings. The third kappa shape index (κ3) is 33.0. The number of amides is 1. The van der Waals surface area contributed by atoms with E-state index in [1.54, 1.807) is 6.08 Å². The molecule has 1 aliphatic heterocycles.